The van der Waals surface area contributed by atoms with Gasteiger partial charge in [0.25, 0.3) is 0 Å². The molecule has 5 heteroatoms. The van der Waals surface area contributed by atoms with E-state index in [0.29, 0.717) is 9.45 Å². The summed E-state index contributed by atoms with van der Waals surface area (Å²) >= 11 is 2.04. The molecule has 0 aliphatic carbocycles. The van der Waals surface area contributed by atoms with Gasteiger partial charge in [-0.2, -0.15) is 0 Å². The number of halogens is 1. The maximum atomic E-state index is 10.4. The Bertz CT molecular complexity index is 379. The lowest BCUT2D eigenvalue weighted by Crippen LogP contribution is -2.11. The fourth-order valence-corrected chi connectivity index (χ4v) is 1.87. The number of ether oxygens (including phenoxy) is 1. The lowest BCUT2D eigenvalue weighted by Gasteiger charge is -2.09. The zero-order valence-electron chi connectivity index (χ0n) is 8.58. The van der Waals surface area contributed by atoms with Crippen LogP contribution < -0.4 is 4.74 Å². The number of carboxylic acids is 1. The van der Waals surface area contributed by atoms with E-state index in [4.69, 9.17) is 9.84 Å². The molecular weight excluding hydrogens is 309 g/mol. The van der Waals surface area contributed by atoms with Crippen molar-refractivity contribution in [1.82, 2.24) is 4.98 Å². The molecule has 0 amide bonds. The predicted molar refractivity (Wildman–Crippen MR) is 64.2 cm³/mol. The Labute approximate surface area is 102 Å². The number of hydrogen-bond donors (Lipinski definition) is 1. The Morgan fingerprint density at radius 1 is 1.67 bits per heavy atom. The molecule has 0 fully saturated rings. The van der Waals surface area contributed by atoms with Crippen LogP contribution in [-0.4, -0.2) is 22.7 Å². The van der Waals surface area contributed by atoms with Crippen LogP contribution in [0.15, 0.2) is 6.07 Å². The summed E-state index contributed by atoms with van der Waals surface area (Å²) in [5, 5.41) is 8.50. The topological polar surface area (TPSA) is 59.4 Å². The second kappa shape index (κ2) is 5.29. The lowest BCUT2D eigenvalue weighted by atomic mass is 10.1. The van der Waals surface area contributed by atoms with E-state index >= 15 is 0 Å². The quantitative estimate of drug-likeness (QED) is 0.681. The van der Waals surface area contributed by atoms with Crippen molar-refractivity contribution in [3.63, 3.8) is 0 Å². The van der Waals surface area contributed by atoms with Gasteiger partial charge in [0.1, 0.15) is 3.70 Å². The van der Waals surface area contributed by atoms with Crippen molar-refractivity contribution >= 4 is 28.6 Å². The van der Waals surface area contributed by atoms with Crippen LogP contribution in [0.1, 0.15) is 18.2 Å². The van der Waals surface area contributed by atoms with E-state index in [1.54, 1.807) is 0 Å². The molecular formula is C10H12INO3. The Morgan fingerprint density at radius 2 is 2.33 bits per heavy atom. The number of rotatable bonds is 4. The smallest absolute Gasteiger partial charge is 0.341 e. The molecule has 1 N–H and O–H groups in total. The van der Waals surface area contributed by atoms with E-state index in [-0.39, 0.29) is 6.61 Å². The van der Waals surface area contributed by atoms with E-state index in [9.17, 15) is 4.79 Å². The van der Waals surface area contributed by atoms with Gasteiger partial charge in [-0.05, 0) is 47.6 Å². The highest BCUT2D eigenvalue weighted by molar-refractivity contribution is 14.1. The standard InChI is InChI=1S/C10H12INO3/c1-3-7-4-8(15-5-9(13)14)10(11)12-6(7)2/h4H,3,5H2,1-2H3,(H,13,14). The van der Waals surface area contributed by atoms with Crippen molar-refractivity contribution in [3.8, 4) is 5.75 Å². The van der Waals surface area contributed by atoms with Crippen LogP contribution in [-0.2, 0) is 11.2 Å². The van der Waals surface area contributed by atoms with Gasteiger partial charge in [0.05, 0.1) is 0 Å². The zero-order chi connectivity index (χ0) is 11.4. The van der Waals surface area contributed by atoms with Gasteiger partial charge in [0.15, 0.2) is 12.4 Å². The average molecular weight is 321 g/mol. The summed E-state index contributed by atoms with van der Waals surface area (Å²) < 4.78 is 5.82. The summed E-state index contributed by atoms with van der Waals surface area (Å²) in [6, 6.07) is 1.85. The van der Waals surface area contributed by atoms with E-state index in [1.807, 2.05) is 42.5 Å². The van der Waals surface area contributed by atoms with E-state index < -0.39 is 5.97 Å². The van der Waals surface area contributed by atoms with Crippen molar-refractivity contribution in [2.45, 2.75) is 20.3 Å². The molecule has 1 rings (SSSR count). The number of aromatic nitrogens is 1. The molecule has 1 heterocycles. The minimum Gasteiger partial charge on any atom is -0.479 e. The van der Waals surface area contributed by atoms with Crippen molar-refractivity contribution in [3.05, 3.63) is 21.0 Å². The van der Waals surface area contributed by atoms with Gasteiger partial charge in [-0.1, -0.05) is 6.92 Å². The summed E-state index contributed by atoms with van der Waals surface area (Å²) in [6.45, 7) is 3.63. The molecule has 0 bridgehead atoms. The molecule has 0 aromatic carbocycles. The predicted octanol–water partition coefficient (Wildman–Crippen LogP) is 2.02. The maximum absolute atomic E-state index is 10.4. The van der Waals surface area contributed by atoms with Crippen molar-refractivity contribution in [2.75, 3.05) is 6.61 Å². The third kappa shape index (κ3) is 3.33. The van der Waals surface area contributed by atoms with Gasteiger partial charge in [0.2, 0.25) is 0 Å². The Balaban J connectivity index is 2.92. The van der Waals surface area contributed by atoms with Gasteiger partial charge >= 0.3 is 5.97 Å². The van der Waals surface area contributed by atoms with Crippen LogP contribution in [0.5, 0.6) is 5.75 Å². The largest absolute Gasteiger partial charge is 0.479 e. The van der Waals surface area contributed by atoms with Crippen molar-refractivity contribution in [2.24, 2.45) is 0 Å². The number of hydrogen-bond acceptors (Lipinski definition) is 3. The molecule has 1 aromatic rings. The number of aryl methyl sites for hydroxylation is 2. The SMILES string of the molecule is CCc1cc(OCC(=O)O)c(I)nc1C. The molecule has 0 spiro atoms. The number of carbonyl (C=O) groups is 1. The molecule has 82 valence electrons. The summed E-state index contributed by atoms with van der Waals surface area (Å²) in [5.74, 6) is -0.440. The minimum absolute atomic E-state index is 0.329. The minimum atomic E-state index is -0.982. The highest BCUT2D eigenvalue weighted by atomic mass is 127. The van der Waals surface area contributed by atoms with Crippen LogP contribution in [0.2, 0.25) is 0 Å². The molecule has 0 radical (unpaired) electrons. The monoisotopic (exact) mass is 321 g/mol. The third-order valence-corrected chi connectivity index (χ3v) is 2.74. The van der Waals surface area contributed by atoms with Crippen LogP contribution in [0.3, 0.4) is 0 Å². The number of aliphatic carboxylic acids is 1. The van der Waals surface area contributed by atoms with Gasteiger partial charge in [0, 0.05) is 5.69 Å². The van der Waals surface area contributed by atoms with Gasteiger partial charge in [-0.3, -0.25) is 0 Å². The lowest BCUT2D eigenvalue weighted by molar-refractivity contribution is -0.139. The van der Waals surface area contributed by atoms with Gasteiger partial charge < -0.3 is 9.84 Å². The zero-order valence-corrected chi connectivity index (χ0v) is 10.7. The third-order valence-electron chi connectivity index (χ3n) is 1.97. The highest BCUT2D eigenvalue weighted by Gasteiger charge is 2.08. The number of nitrogens with zero attached hydrogens (tertiary/aromatic N) is 1. The number of carboxylic acid groups (broad SMARTS) is 1. The molecule has 0 unspecified atom stereocenters. The van der Waals surface area contributed by atoms with E-state index in [0.717, 1.165) is 17.7 Å². The molecule has 0 saturated heterocycles. The van der Waals surface area contributed by atoms with Crippen LogP contribution in [0, 0.1) is 10.6 Å². The Kier molecular flexibility index (Phi) is 4.31. The van der Waals surface area contributed by atoms with Gasteiger partial charge in [-0.25, -0.2) is 9.78 Å². The first-order valence-corrected chi connectivity index (χ1v) is 5.63. The molecule has 0 saturated carbocycles. The Hall–Kier alpha value is -0.850. The fourth-order valence-electron chi connectivity index (χ4n) is 1.19. The maximum Gasteiger partial charge on any atom is 0.341 e. The normalized spacial score (nSPS) is 10.1. The molecule has 4 nitrogen and oxygen atoms in total. The summed E-state index contributed by atoms with van der Waals surface area (Å²) in [6.07, 6.45) is 0.860. The van der Waals surface area contributed by atoms with Crippen molar-refractivity contribution < 1.29 is 14.6 Å². The first-order chi connectivity index (χ1) is 7.04. The first-order valence-electron chi connectivity index (χ1n) is 4.55. The Morgan fingerprint density at radius 3 is 2.87 bits per heavy atom. The second-order valence-electron chi connectivity index (χ2n) is 3.06. The van der Waals surface area contributed by atoms with Gasteiger partial charge in [-0.15, -0.1) is 0 Å². The summed E-state index contributed by atoms with van der Waals surface area (Å²) in [7, 11) is 0. The molecule has 0 aliphatic heterocycles. The van der Waals surface area contributed by atoms with Crippen LogP contribution in [0.25, 0.3) is 0 Å². The first kappa shape index (κ1) is 12.2. The van der Waals surface area contributed by atoms with Crippen LogP contribution in [0.4, 0.5) is 0 Å². The summed E-state index contributed by atoms with van der Waals surface area (Å²) in [5.41, 5.74) is 2.04. The molecule has 1 aromatic heterocycles. The van der Waals surface area contributed by atoms with E-state index in [1.165, 1.54) is 0 Å². The van der Waals surface area contributed by atoms with E-state index in [2.05, 4.69) is 4.98 Å². The summed E-state index contributed by atoms with van der Waals surface area (Å²) in [4.78, 5) is 14.6. The number of pyridine rings is 1. The highest BCUT2D eigenvalue weighted by Crippen LogP contribution is 2.22. The van der Waals surface area contributed by atoms with Crippen molar-refractivity contribution in [1.29, 1.82) is 0 Å². The molecule has 0 atom stereocenters. The second-order valence-corrected chi connectivity index (χ2v) is 4.08. The van der Waals surface area contributed by atoms with Crippen LogP contribution >= 0.6 is 22.6 Å². The molecule has 0 aliphatic rings. The average Bonchev–Trinajstić information content (AvgIpc) is 2.16. The fraction of sp³-hybridized carbons (Fsp3) is 0.400. The molecule has 15 heavy (non-hydrogen) atoms.